The average Bonchev–Trinajstić information content (AvgIpc) is 3.23. The molecule has 4 N–H and O–H groups in total. The fourth-order valence-corrected chi connectivity index (χ4v) is 3.93. The van der Waals surface area contributed by atoms with Crippen LogP contribution in [0.4, 0.5) is 0 Å². The molecule has 0 bridgehead atoms. The number of hydrogen-bond donors (Lipinski definition) is 3. The molecule has 0 saturated heterocycles. The number of rotatable bonds is 4. The number of carbonyl (C=O) groups is 2. The molecule has 0 fully saturated rings. The molecule has 0 unspecified atom stereocenters. The molecule has 7 nitrogen and oxygen atoms in total. The highest BCUT2D eigenvalue weighted by atomic mass is 16.2. The molecule has 1 aliphatic rings. The van der Waals surface area contributed by atoms with Crippen LogP contribution in [-0.2, 0) is 13.0 Å². The number of amides is 2. The van der Waals surface area contributed by atoms with Crippen molar-refractivity contribution in [3.8, 4) is 0 Å². The van der Waals surface area contributed by atoms with Crippen LogP contribution in [0.3, 0.4) is 0 Å². The Bertz CT molecular complexity index is 1050. The molecule has 0 spiro atoms. The summed E-state index contributed by atoms with van der Waals surface area (Å²) < 4.78 is 1.83. The molecule has 0 radical (unpaired) electrons. The molecule has 1 aliphatic heterocycles. The van der Waals surface area contributed by atoms with E-state index in [9.17, 15) is 9.59 Å². The number of fused-ring (bicyclic) bond motifs is 2. The monoisotopic (exact) mass is 365 g/mol. The van der Waals surface area contributed by atoms with Gasteiger partial charge >= 0.3 is 0 Å². The van der Waals surface area contributed by atoms with Crippen molar-refractivity contribution < 1.29 is 9.59 Å². The maximum Gasteiger partial charge on any atom is 0.267 e. The second kappa shape index (κ2) is 6.57. The minimum absolute atomic E-state index is 0.113. The largest absolute Gasteiger partial charge is 0.365 e. The van der Waals surface area contributed by atoms with Crippen LogP contribution in [0.25, 0.3) is 10.9 Å². The van der Waals surface area contributed by atoms with E-state index >= 15 is 0 Å². The summed E-state index contributed by atoms with van der Waals surface area (Å²) >= 11 is 0. The smallest absolute Gasteiger partial charge is 0.267 e. The molecule has 2 amide bonds. The quantitative estimate of drug-likeness (QED) is 0.659. The van der Waals surface area contributed by atoms with Crippen LogP contribution < -0.4 is 11.1 Å². The summed E-state index contributed by atoms with van der Waals surface area (Å²) in [7, 11) is 0. The normalized spacial score (nSPS) is 16.3. The predicted molar refractivity (Wildman–Crippen MR) is 103 cm³/mol. The maximum atomic E-state index is 12.6. The summed E-state index contributed by atoms with van der Waals surface area (Å²) in [6.07, 6.45) is 3.12. The van der Waals surface area contributed by atoms with Crippen molar-refractivity contribution in [3.63, 3.8) is 0 Å². The van der Waals surface area contributed by atoms with Gasteiger partial charge in [0.2, 0.25) is 0 Å². The third kappa shape index (κ3) is 3.20. The van der Waals surface area contributed by atoms with Gasteiger partial charge < -0.3 is 16.0 Å². The van der Waals surface area contributed by atoms with Gasteiger partial charge in [0.05, 0.1) is 17.5 Å². The van der Waals surface area contributed by atoms with Crippen molar-refractivity contribution in [1.82, 2.24) is 20.1 Å². The Morgan fingerprint density at radius 3 is 2.93 bits per heavy atom. The lowest BCUT2D eigenvalue weighted by molar-refractivity contribution is 0.0938. The Hall–Kier alpha value is -3.09. The van der Waals surface area contributed by atoms with Gasteiger partial charge in [-0.05, 0) is 55.9 Å². The van der Waals surface area contributed by atoms with Gasteiger partial charge in [0.15, 0.2) is 0 Å². The summed E-state index contributed by atoms with van der Waals surface area (Å²) in [6.45, 7) is 5.37. The number of hydrogen-bond acceptors (Lipinski definition) is 3. The molecule has 2 aromatic heterocycles. The third-order valence-electron chi connectivity index (χ3n) is 5.33. The standard InChI is InChI=1S/C20H23N5O2/c1-11-5-12(2)14-8-17(24-16(14)6-11)20(27)22-9-13-3-4-25-18(7-13)15(10-23-25)19(21)26/h5-6,8,10,13,24H,3-4,7,9H2,1-2H3,(H2,21,26)(H,22,27)/t13-/m1/s1. The zero-order valence-corrected chi connectivity index (χ0v) is 15.5. The molecule has 4 rings (SSSR count). The highest BCUT2D eigenvalue weighted by Gasteiger charge is 2.25. The van der Waals surface area contributed by atoms with E-state index < -0.39 is 5.91 Å². The highest BCUT2D eigenvalue weighted by Crippen LogP contribution is 2.23. The predicted octanol–water partition coefficient (Wildman–Crippen LogP) is 2.07. The first-order valence-electron chi connectivity index (χ1n) is 9.15. The van der Waals surface area contributed by atoms with Crippen LogP contribution in [0, 0.1) is 19.8 Å². The fourth-order valence-electron chi connectivity index (χ4n) is 3.93. The number of nitrogens with one attached hydrogen (secondary N) is 2. The maximum absolute atomic E-state index is 12.6. The minimum Gasteiger partial charge on any atom is -0.365 e. The molecule has 0 aliphatic carbocycles. The van der Waals surface area contributed by atoms with E-state index in [1.165, 1.54) is 6.20 Å². The van der Waals surface area contributed by atoms with Crippen LogP contribution in [0.2, 0.25) is 0 Å². The topological polar surface area (TPSA) is 106 Å². The molecule has 27 heavy (non-hydrogen) atoms. The van der Waals surface area contributed by atoms with Gasteiger partial charge in [0.1, 0.15) is 5.69 Å². The summed E-state index contributed by atoms with van der Waals surface area (Å²) in [5, 5.41) is 8.31. The van der Waals surface area contributed by atoms with Crippen LogP contribution in [0.15, 0.2) is 24.4 Å². The average molecular weight is 365 g/mol. The number of nitrogens with two attached hydrogens (primary N) is 1. The van der Waals surface area contributed by atoms with Crippen LogP contribution >= 0.6 is 0 Å². The highest BCUT2D eigenvalue weighted by molar-refractivity contribution is 5.99. The van der Waals surface area contributed by atoms with Gasteiger partial charge in [-0.1, -0.05) is 6.07 Å². The molecule has 0 saturated carbocycles. The number of H-pyrrole nitrogens is 1. The van der Waals surface area contributed by atoms with Gasteiger partial charge in [-0.25, -0.2) is 0 Å². The molecule has 1 atom stereocenters. The fraction of sp³-hybridized carbons (Fsp3) is 0.350. The summed E-state index contributed by atoms with van der Waals surface area (Å²) in [6, 6.07) is 6.06. The summed E-state index contributed by atoms with van der Waals surface area (Å²) in [4.78, 5) is 27.3. The number of primary amides is 1. The van der Waals surface area contributed by atoms with E-state index in [-0.39, 0.29) is 11.8 Å². The minimum atomic E-state index is -0.454. The van der Waals surface area contributed by atoms with Gasteiger partial charge in [-0.3, -0.25) is 14.3 Å². The Balaban J connectivity index is 1.45. The Kier molecular flexibility index (Phi) is 4.22. The lowest BCUT2D eigenvalue weighted by Crippen LogP contribution is -2.34. The van der Waals surface area contributed by atoms with Crippen molar-refractivity contribution in [3.05, 3.63) is 52.5 Å². The molecule has 7 heteroatoms. The zero-order valence-electron chi connectivity index (χ0n) is 15.5. The molecular weight excluding hydrogens is 342 g/mol. The number of carbonyl (C=O) groups excluding carboxylic acids is 2. The van der Waals surface area contributed by atoms with Gasteiger partial charge in [-0.15, -0.1) is 0 Å². The number of nitrogens with zero attached hydrogens (tertiary/aromatic N) is 2. The molecule has 140 valence electrons. The number of aryl methyl sites for hydroxylation is 3. The lowest BCUT2D eigenvalue weighted by atomic mass is 9.94. The van der Waals surface area contributed by atoms with Crippen LogP contribution in [0.1, 0.15) is 44.1 Å². The second-order valence-corrected chi connectivity index (χ2v) is 7.39. The SMILES string of the molecule is Cc1cc(C)c2cc(C(=O)NC[C@@H]3CCn4ncc(C(N)=O)c4C3)[nH]c2c1. The van der Waals surface area contributed by atoms with Crippen molar-refractivity contribution >= 4 is 22.7 Å². The molecular formula is C20H23N5O2. The molecule has 3 aromatic rings. The first-order valence-corrected chi connectivity index (χ1v) is 9.15. The van der Waals surface area contributed by atoms with E-state index in [4.69, 9.17) is 5.73 Å². The van der Waals surface area contributed by atoms with Crippen molar-refractivity contribution in [1.29, 1.82) is 0 Å². The van der Waals surface area contributed by atoms with Crippen LogP contribution in [0.5, 0.6) is 0 Å². The lowest BCUT2D eigenvalue weighted by Gasteiger charge is -2.24. The number of aromatic nitrogens is 3. The molecule has 3 heterocycles. The Labute approximate surface area is 156 Å². The Morgan fingerprint density at radius 1 is 1.33 bits per heavy atom. The summed E-state index contributed by atoms with van der Waals surface area (Å²) in [5.41, 5.74) is 10.6. The van der Waals surface area contributed by atoms with Gasteiger partial charge in [0, 0.05) is 24.0 Å². The first-order chi connectivity index (χ1) is 12.9. The zero-order chi connectivity index (χ0) is 19.1. The van der Waals surface area contributed by atoms with Crippen LogP contribution in [-0.4, -0.2) is 33.1 Å². The van der Waals surface area contributed by atoms with Gasteiger partial charge in [-0.2, -0.15) is 5.10 Å². The first kappa shape index (κ1) is 17.3. The van der Waals surface area contributed by atoms with E-state index in [2.05, 4.69) is 21.5 Å². The Morgan fingerprint density at radius 2 is 2.15 bits per heavy atom. The van der Waals surface area contributed by atoms with Crippen molar-refractivity contribution in [2.45, 2.75) is 33.2 Å². The molecule has 1 aromatic carbocycles. The van der Waals surface area contributed by atoms with Gasteiger partial charge in [0.25, 0.3) is 11.8 Å². The number of aromatic amines is 1. The van der Waals surface area contributed by atoms with E-state index in [0.29, 0.717) is 24.2 Å². The van der Waals surface area contributed by atoms with Crippen molar-refractivity contribution in [2.75, 3.05) is 6.54 Å². The van der Waals surface area contributed by atoms with E-state index in [1.54, 1.807) is 0 Å². The van der Waals surface area contributed by atoms with Crippen molar-refractivity contribution in [2.24, 2.45) is 11.7 Å². The second-order valence-electron chi connectivity index (χ2n) is 7.39. The summed E-state index contributed by atoms with van der Waals surface area (Å²) in [5.74, 6) is -0.313. The third-order valence-corrected chi connectivity index (χ3v) is 5.33. The van der Waals surface area contributed by atoms with E-state index in [1.807, 2.05) is 30.7 Å². The van der Waals surface area contributed by atoms with E-state index in [0.717, 1.165) is 40.7 Å². The number of benzene rings is 1.